The fourth-order valence-electron chi connectivity index (χ4n) is 1.93. The first-order valence-corrected chi connectivity index (χ1v) is 5.67. The molecule has 0 saturated heterocycles. The van der Waals surface area contributed by atoms with Crippen LogP contribution in [0.15, 0.2) is 18.3 Å². The van der Waals surface area contributed by atoms with Crippen LogP contribution in [-0.4, -0.2) is 20.1 Å². The van der Waals surface area contributed by atoms with Crippen LogP contribution in [0.5, 0.6) is 5.75 Å². The normalized spacial score (nSPS) is 11.2. The Balaban J connectivity index is 2.29. The van der Waals surface area contributed by atoms with E-state index >= 15 is 0 Å². The molecule has 0 spiro atoms. The summed E-state index contributed by atoms with van der Waals surface area (Å²) in [5.74, 6) is -5.67. The van der Waals surface area contributed by atoms with Crippen LogP contribution in [-0.2, 0) is 0 Å². The van der Waals surface area contributed by atoms with E-state index in [9.17, 15) is 18.3 Å². The first-order chi connectivity index (χ1) is 9.49. The van der Waals surface area contributed by atoms with Crippen LogP contribution in [0, 0.1) is 24.4 Å². The summed E-state index contributed by atoms with van der Waals surface area (Å²) in [6.07, 6.45) is 1.53. The number of phenolic OH excluding ortho intramolecular Hbond substituents is 1. The van der Waals surface area contributed by atoms with E-state index in [0.717, 1.165) is 5.56 Å². The number of nitrogens with one attached hydrogen (secondary N) is 1. The number of benzene rings is 1. The summed E-state index contributed by atoms with van der Waals surface area (Å²) >= 11 is 0. The number of nitrogens with zero attached hydrogens (tertiary/aromatic N) is 2. The van der Waals surface area contributed by atoms with Crippen LogP contribution in [0.3, 0.4) is 0 Å². The van der Waals surface area contributed by atoms with Crippen molar-refractivity contribution in [3.63, 3.8) is 0 Å². The minimum atomic E-state index is -1.63. The Morgan fingerprint density at radius 1 is 1.20 bits per heavy atom. The molecule has 7 heteroatoms. The average Bonchev–Trinajstić information content (AvgIpc) is 2.86. The van der Waals surface area contributed by atoms with Gasteiger partial charge in [-0.15, -0.1) is 0 Å². The van der Waals surface area contributed by atoms with Gasteiger partial charge in [-0.2, -0.15) is 4.39 Å². The predicted molar refractivity (Wildman–Crippen MR) is 65.6 cm³/mol. The molecule has 0 fully saturated rings. The Hall–Kier alpha value is -2.57. The second kappa shape index (κ2) is 4.22. The summed E-state index contributed by atoms with van der Waals surface area (Å²) in [7, 11) is 0. The molecular weight excluding hydrogens is 271 g/mol. The lowest BCUT2D eigenvalue weighted by molar-refractivity contribution is 0.377. The molecule has 0 radical (unpaired) electrons. The predicted octanol–water partition coefficient (Wildman–Crippen LogP) is 3.06. The minimum Gasteiger partial charge on any atom is -0.503 e. The zero-order valence-corrected chi connectivity index (χ0v) is 10.2. The second-order valence-corrected chi connectivity index (χ2v) is 4.29. The summed E-state index contributed by atoms with van der Waals surface area (Å²) < 4.78 is 40.1. The van der Waals surface area contributed by atoms with Crippen molar-refractivity contribution in [3.8, 4) is 17.1 Å². The van der Waals surface area contributed by atoms with Crippen molar-refractivity contribution >= 4 is 11.2 Å². The van der Waals surface area contributed by atoms with Crippen LogP contribution in [0.4, 0.5) is 13.2 Å². The molecule has 20 heavy (non-hydrogen) atoms. The third kappa shape index (κ3) is 1.70. The van der Waals surface area contributed by atoms with E-state index < -0.39 is 23.2 Å². The monoisotopic (exact) mass is 279 g/mol. The number of aryl methyl sites for hydroxylation is 1. The molecule has 0 amide bonds. The quantitative estimate of drug-likeness (QED) is 0.673. The summed E-state index contributed by atoms with van der Waals surface area (Å²) in [5, 5.41) is 9.21. The van der Waals surface area contributed by atoms with Crippen LogP contribution >= 0.6 is 0 Å². The van der Waals surface area contributed by atoms with Crippen LogP contribution < -0.4 is 0 Å². The van der Waals surface area contributed by atoms with E-state index in [1.807, 2.05) is 0 Å². The number of fused-ring (bicyclic) bond motifs is 1. The third-order valence-electron chi connectivity index (χ3n) is 2.99. The molecule has 0 aliphatic heterocycles. The molecule has 4 nitrogen and oxygen atoms in total. The van der Waals surface area contributed by atoms with Crippen LogP contribution in [0.25, 0.3) is 22.6 Å². The van der Waals surface area contributed by atoms with Gasteiger partial charge in [0.25, 0.3) is 0 Å². The largest absolute Gasteiger partial charge is 0.503 e. The molecule has 0 atom stereocenters. The summed E-state index contributed by atoms with van der Waals surface area (Å²) in [5.41, 5.74) is 1.34. The number of pyridine rings is 1. The molecule has 2 heterocycles. The Morgan fingerprint density at radius 3 is 2.65 bits per heavy atom. The van der Waals surface area contributed by atoms with Gasteiger partial charge < -0.3 is 10.1 Å². The average molecular weight is 279 g/mol. The van der Waals surface area contributed by atoms with E-state index in [1.54, 1.807) is 13.0 Å². The lowest BCUT2D eigenvalue weighted by Crippen LogP contribution is -1.94. The molecule has 0 unspecified atom stereocenters. The number of aromatic hydroxyl groups is 1. The maximum atomic E-state index is 13.8. The van der Waals surface area contributed by atoms with Crippen LogP contribution in [0.2, 0.25) is 0 Å². The van der Waals surface area contributed by atoms with Crippen molar-refractivity contribution in [1.29, 1.82) is 0 Å². The molecule has 3 aromatic rings. The molecule has 3 rings (SSSR count). The highest BCUT2D eigenvalue weighted by Crippen LogP contribution is 2.32. The number of hydrogen-bond donors (Lipinski definition) is 2. The van der Waals surface area contributed by atoms with E-state index in [2.05, 4.69) is 15.0 Å². The second-order valence-electron chi connectivity index (χ2n) is 4.29. The van der Waals surface area contributed by atoms with Gasteiger partial charge in [-0.25, -0.2) is 18.7 Å². The van der Waals surface area contributed by atoms with E-state index in [4.69, 9.17) is 0 Å². The number of aromatic nitrogens is 3. The van der Waals surface area contributed by atoms with Gasteiger partial charge in [0.15, 0.2) is 23.0 Å². The summed E-state index contributed by atoms with van der Waals surface area (Å²) in [4.78, 5) is 10.8. The van der Waals surface area contributed by atoms with Crippen molar-refractivity contribution in [3.05, 3.63) is 41.3 Å². The smallest absolute Gasteiger partial charge is 0.203 e. The first kappa shape index (κ1) is 12.5. The van der Waals surface area contributed by atoms with Gasteiger partial charge in [-0.3, -0.25) is 0 Å². The molecule has 0 aliphatic carbocycles. The van der Waals surface area contributed by atoms with Gasteiger partial charge in [-0.05, 0) is 24.6 Å². The van der Waals surface area contributed by atoms with E-state index in [-0.39, 0.29) is 11.4 Å². The van der Waals surface area contributed by atoms with E-state index in [0.29, 0.717) is 17.2 Å². The Morgan fingerprint density at radius 2 is 1.95 bits per heavy atom. The molecular formula is C13H8F3N3O. The lowest BCUT2D eigenvalue weighted by Gasteiger charge is -2.03. The maximum Gasteiger partial charge on any atom is 0.203 e. The highest BCUT2D eigenvalue weighted by molar-refractivity contribution is 5.79. The summed E-state index contributed by atoms with van der Waals surface area (Å²) in [6.45, 7) is 1.80. The summed E-state index contributed by atoms with van der Waals surface area (Å²) in [6, 6.07) is 2.36. The SMILES string of the molecule is Cc1ccnc2nc(-c3cc(F)c(F)c(O)c3F)[nH]c12. The number of halogens is 3. The third-order valence-corrected chi connectivity index (χ3v) is 2.99. The Kier molecular flexibility index (Phi) is 2.63. The van der Waals surface area contributed by atoms with Crippen molar-refractivity contribution in [2.24, 2.45) is 0 Å². The standard InChI is InChI=1S/C13H8F3N3O/c1-5-2-3-17-13-10(5)18-12(19-13)6-4-7(14)9(16)11(20)8(6)15/h2-4,20H,1H3,(H,17,18,19). The number of rotatable bonds is 1. The van der Waals surface area contributed by atoms with Crippen molar-refractivity contribution in [2.75, 3.05) is 0 Å². The lowest BCUT2D eigenvalue weighted by atomic mass is 10.1. The number of H-pyrrole nitrogens is 1. The molecule has 2 N–H and O–H groups in total. The van der Waals surface area contributed by atoms with Gasteiger partial charge in [0, 0.05) is 6.20 Å². The van der Waals surface area contributed by atoms with Crippen molar-refractivity contribution in [2.45, 2.75) is 6.92 Å². The highest BCUT2D eigenvalue weighted by Gasteiger charge is 2.21. The van der Waals surface area contributed by atoms with Crippen LogP contribution in [0.1, 0.15) is 5.56 Å². The van der Waals surface area contributed by atoms with Crippen molar-refractivity contribution < 1.29 is 18.3 Å². The van der Waals surface area contributed by atoms with Gasteiger partial charge in [0.1, 0.15) is 5.82 Å². The molecule has 1 aromatic carbocycles. The maximum absolute atomic E-state index is 13.8. The minimum absolute atomic E-state index is 0.0338. The molecule has 2 aromatic heterocycles. The molecule has 0 saturated carbocycles. The highest BCUT2D eigenvalue weighted by atomic mass is 19.2. The zero-order chi connectivity index (χ0) is 14.4. The zero-order valence-electron chi connectivity index (χ0n) is 10.2. The fraction of sp³-hybridized carbons (Fsp3) is 0.0769. The van der Waals surface area contributed by atoms with Gasteiger partial charge >= 0.3 is 0 Å². The fourth-order valence-corrected chi connectivity index (χ4v) is 1.93. The molecule has 0 bridgehead atoms. The van der Waals surface area contributed by atoms with Gasteiger partial charge in [0.2, 0.25) is 5.82 Å². The molecule has 0 aliphatic rings. The molecule has 102 valence electrons. The van der Waals surface area contributed by atoms with Gasteiger partial charge in [0.05, 0.1) is 11.1 Å². The van der Waals surface area contributed by atoms with Gasteiger partial charge in [-0.1, -0.05) is 0 Å². The first-order valence-electron chi connectivity index (χ1n) is 5.67. The number of aromatic amines is 1. The number of phenols is 1. The van der Waals surface area contributed by atoms with E-state index in [1.165, 1.54) is 6.20 Å². The number of hydrogen-bond acceptors (Lipinski definition) is 3. The Bertz CT molecular complexity index is 829. The topological polar surface area (TPSA) is 61.8 Å². The number of imidazole rings is 1. The van der Waals surface area contributed by atoms with Crippen molar-refractivity contribution in [1.82, 2.24) is 15.0 Å². The Labute approximate surface area is 110 Å².